The number of aromatic nitrogens is 2. The van der Waals surface area contributed by atoms with Crippen molar-refractivity contribution in [3.05, 3.63) is 18.0 Å². The Morgan fingerprint density at radius 3 is 3.05 bits per heavy atom. The molecule has 0 saturated carbocycles. The number of piperidine rings is 1. The summed E-state index contributed by atoms with van der Waals surface area (Å²) in [5, 5.41) is 8.15. The SMILES string of the molecule is COCCNCC1CCCN(Cc2ccn(C(C)C)n2)C1. The molecule has 0 radical (unpaired) electrons. The first-order valence-electron chi connectivity index (χ1n) is 8.15. The van der Waals surface area contributed by atoms with Crippen LogP contribution in [0.4, 0.5) is 0 Å². The summed E-state index contributed by atoms with van der Waals surface area (Å²) in [7, 11) is 1.75. The number of ether oxygens (including phenoxy) is 1. The number of hydrogen-bond acceptors (Lipinski definition) is 4. The lowest BCUT2D eigenvalue weighted by Crippen LogP contribution is -2.39. The Hall–Kier alpha value is -0.910. The van der Waals surface area contributed by atoms with Gasteiger partial charge in [-0.25, -0.2) is 0 Å². The molecule has 0 amide bonds. The van der Waals surface area contributed by atoms with E-state index in [0.29, 0.717) is 6.04 Å². The highest BCUT2D eigenvalue weighted by atomic mass is 16.5. The number of nitrogens with one attached hydrogen (secondary N) is 1. The van der Waals surface area contributed by atoms with Crippen molar-refractivity contribution in [1.29, 1.82) is 0 Å². The quantitative estimate of drug-likeness (QED) is 0.744. The molecule has 1 atom stereocenters. The molecule has 5 nitrogen and oxygen atoms in total. The second-order valence-corrected chi connectivity index (χ2v) is 6.32. The molecule has 0 aliphatic carbocycles. The van der Waals surface area contributed by atoms with Crippen LogP contribution in [0.25, 0.3) is 0 Å². The van der Waals surface area contributed by atoms with E-state index >= 15 is 0 Å². The summed E-state index contributed by atoms with van der Waals surface area (Å²) < 4.78 is 7.11. The van der Waals surface area contributed by atoms with Gasteiger partial charge >= 0.3 is 0 Å². The zero-order chi connectivity index (χ0) is 15.1. The van der Waals surface area contributed by atoms with Crippen LogP contribution in [0.15, 0.2) is 12.3 Å². The predicted octanol–water partition coefficient (Wildman–Crippen LogP) is 1.91. The molecule has 1 aliphatic heterocycles. The molecule has 21 heavy (non-hydrogen) atoms. The molecule has 0 bridgehead atoms. The van der Waals surface area contributed by atoms with Gasteiger partial charge in [-0.1, -0.05) is 0 Å². The zero-order valence-electron chi connectivity index (χ0n) is 13.7. The summed E-state index contributed by atoms with van der Waals surface area (Å²) in [4.78, 5) is 2.54. The van der Waals surface area contributed by atoms with E-state index in [9.17, 15) is 0 Å². The van der Waals surface area contributed by atoms with E-state index in [-0.39, 0.29) is 0 Å². The molecule has 5 heteroatoms. The minimum absolute atomic E-state index is 0.442. The smallest absolute Gasteiger partial charge is 0.0764 e. The van der Waals surface area contributed by atoms with Crippen LogP contribution in [-0.2, 0) is 11.3 Å². The maximum Gasteiger partial charge on any atom is 0.0764 e. The van der Waals surface area contributed by atoms with Crippen molar-refractivity contribution in [1.82, 2.24) is 20.0 Å². The average Bonchev–Trinajstić information content (AvgIpc) is 2.93. The van der Waals surface area contributed by atoms with Crippen LogP contribution >= 0.6 is 0 Å². The fraction of sp³-hybridized carbons (Fsp3) is 0.812. The summed E-state index contributed by atoms with van der Waals surface area (Å²) in [6.07, 6.45) is 4.71. The lowest BCUT2D eigenvalue weighted by Gasteiger charge is -2.32. The van der Waals surface area contributed by atoms with Gasteiger partial charge in [-0.15, -0.1) is 0 Å². The molecular weight excluding hydrogens is 264 g/mol. The maximum atomic E-state index is 5.07. The topological polar surface area (TPSA) is 42.3 Å². The first-order chi connectivity index (χ1) is 10.2. The zero-order valence-corrected chi connectivity index (χ0v) is 13.7. The van der Waals surface area contributed by atoms with Crippen molar-refractivity contribution < 1.29 is 4.74 Å². The van der Waals surface area contributed by atoms with Crippen LogP contribution in [0.5, 0.6) is 0 Å². The summed E-state index contributed by atoms with van der Waals surface area (Å²) in [6.45, 7) is 10.5. The van der Waals surface area contributed by atoms with E-state index in [1.807, 2.05) is 4.68 Å². The highest BCUT2D eigenvalue weighted by molar-refractivity contribution is 5.00. The summed E-state index contributed by atoms with van der Waals surface area (Å²) in [5.74, 6) is 0.753. The Morgan fingerprint density at radius 1 is 1.48 bits per heavy atom. The molecule has 2 heterocycles. The van der Waals surface area contributed by atoms with E-state index < -0.39 is 0 Å². The highest BCUT2D eigenvalue weighted by Gasteiger charge is 2.20. The average molecular weight is 294 g/mol. The van der Waals surface area contributed by atoms with E-state index in [1.165, 1.54) is 31.6 Å². The van der Waals surface area contributed by atoms with Crippen molar-refractivity contribution in [2.75, 3.05) is 39.9 Å². The third-order valence-electron chi connectivity index (χ3n) is 4.10. The number of nitrogens with zero attached hydrogens (tertiary/aromatic N) is 3. The van der Waals surface area contributed by atoms with Crippen molar-refractivity contribution in [2.24, 2.45) is 5.92 Å². The molecule has 1 aliphatic rings. The molecule has 1 N–H and O–H groups in total. The normalized spacial score (nSPS) is 20.3. The van der Waals surface area contributed by atoms with Gasteiger partial charge in [-0.2, -0.15) is 5.10 Å². The largest absolute Gasteiger partial charge is 0.383 e. The monoisotopic (exact) mass is 294 g/mol. The lowest BCUT2D eigenvalue weighted by molar-refractivity contribution is 0.157. The van der Waals surface area contributed by atoms with Crippen molar-refractivity contribution in [2.45, 2.75) is 39.3 Å². The fourth-order valence-electron chi connectivity index (χ4n) is 2.92. The molecule has 0 aromatic carbocycles. The third-order valence-corrected chi connectivity index (χ3v) is 4.10. The first-order valence-corrected chi connectivity index (χ1v) is 8.15. The van der Waals surface area contributed by atoms with Crippen molar-refractivity contribution in [3.63, 3.8) is 0 Å². The Balaban J connectivity index is 1.75. The van der Waals surface area contributed by atoms with Gasteiger partial charge in [0, 0.05) is 39.0 Å². The minimum Gasteiger partial charge on any atom is -0.383 e. The number of hydrogen-bond donors (Lipinski definition) is 1. The lowest BCUT2D eigenvalue weighted by atomic mass is 9.98. The van der Waals surface area contributed by atoms with Gasteiger partial charge in [-0.05, 0) is 51.8 Å². The number of methoxy groups -OCH3 is 1. The van der Waals surface area contributed by atoms with E-state index in [1.54, 1.807) is 7.11 Å². The standard InChI is InChI=1S/C16H30N4O/c1-14(2)20-9-6-16(18-20)13-19-8-4-5-15(12-19)11-17-7-10-21-3/h6,9,14-15,17H,4-5,7-8,10-13H2,1-3H3. The van der Waals surface area contributed by atoms with Crippen molar-refractivity contribution >= 4 is 0 Å². The molecule has 2 rings (SSSR count). The predicted molar refractivity (Wildman–Crippen MR) is 85.4 cm³/mol. The summed E-state index contributed by atoms with van der Waals surface area (Å²) in [5.41, 5.74) is 1.19. The molecule has 1 aromatic heterocycles. The maximum absolute atomic E-state index is 5.07. The molecular formula is C16H30N4O. The first kappa shape index (κ1) is 16.5. The van der Waals surface area contributed by atoms with E-state index in [4.69, 9.17) is 4.74 Å². The van der Waals surface area contributed by atoms with Gasteiger partial charge in [-0.3, -0.25) is 9.58 Å². The Morgan fingerprint density at radius 2 is 2.33 bits per heavy atom. The molecule has 1 fully saturated rings. The Bertz CT molecular complexity index is 405. The van der Waals surface area contributed by atoms with Crippen LogP contribution < -0.4 is 5.32 Å². The number of likely N-dealkylation sites (tertiary alicyclic amines) is 1. The summed E-state index contributed by atoms with van der Waals surface area (Å²) in [6, 6.07) is 2.60. The van der Waals surface area contributed by atoms with Gasteiger partial charge in [0.1, 0.15) is 0 Å². The van der Waals surface area contributed by atoms with E-state index in [0.717, 1.165) is 32.2 Å². The number of rotatable bonds is 8. The van der Waals surface area contributed by atoms with Gasteiger partial charge < -0.3 is 10.1 Å². The minimum atomic E-state index is 0.442. The van der Waals surface area contributed by atoms with Crippen molar-refractivity contribution in [3.8, 4) is 0 Å². The third kappa shape index (κ3) is 5.41. The van der Waals surface area contributed by atoms with Gasteiger partial charge in [0.2, 0.25) is 0 Å². The van der Waals surface area contributed by atoms with Gasteiger partial charge in [0.05, 0.1) is 12.3 Å². The van der Waals surface area contributed by atoms with Crippen LogP contribution in [-0.4, -0.2) is 54.6 Å². The molecule has 0 spiro atoms. The summed E-state index contributed by atoms with van der Waals surface area (Å²) >= 11 is 0. The van der Waals surface area contributed by atoms with Gasteiger partial charge in [0.15, 0.2) is 0 Å². The Labute approximate surface area is 128 Å². The Kier molecular flexibility index (Phi) is 6.67. The van der Waals surface area contributed by atoms with Crippen LogP contribution in [0.2, 0.25) is 0 Å². The van der Waals surface area contributed by atoms with E-state index in [2.05, 4.69) is 41.4 Å². The second kappa shape index (κ2) is 8.51. The van der Waals surface area contributed by atoms with Crippen LogP contribution in [0, 0.1) is 5.92 Å². The molecule has 1 aromatic rings. The molecule has 1 saturated heterocycles. The fourth-order valence-corrected chi connectivity index (χ4v) is 2.92. The molecule has 1 unspecified atom stereocenters. The highest BCUT2D eigenvalue weighted by Crippen LogP contribution is 2.18. The van der Waals surface area contributed by atoms with Gasteiger partial charge in [0.25, 0.3) is 0 Å². The van der Waals surface area contributed by atoms with Crippen LogP contribution in [0.3, 0.4) is 0 Å². The molecule has 120 valence electrons. The second-order valence-electron chi connectivity index (χ2n) is 6.32. The van der Waals surface area contributed by atoms with Crippen LogP contribution in [0.1, 0.15) is 38.4 Å².